The van der Waals surface area contributed by atoms with Gasteiger partial charge in [-0.2, -0.15) is 13.2 Å². The van der Waals surface area contributed by atoms with Gasteiger partial charge >= 0.3 is 6.18 Å². The second-order valence-electron chi connectivity index (χ2n) is 3.60. The first-order valence-corrected chi connectivity index (χ1v) is 4.93. The van der Waals surface area contributed by atoms with Gasteiger partial charge in [0.1, 0.15) is 17.1 Å². The van der Waals surface area contributed by atoms with Crippen molar-refractivity contribution in [1.82, 2.24) is 4.98 Å². The average molecular weight is 232 g/mol. The van der Waals surface area contributed by atoms with Crippen molar-refractivity contribution in [3.63, 3.8) is 0 Å². The third-order valence-electron chi connectivity index (χ3n) is 2.25. The smallest absolute Gasteiger partial charge is 0.423 e. The molecule has 0 unspecified atom stereocenters. The Labute approximate surface area is 90.6 Å². The number of nitrogens with one attached hydrogen (secondary N) is 1. The molecule has 2 rings (SSSR count). The van der Waals surface area contributed by atoms with Crippen molar-refractivity contribution in [2.24, 2.45) is 0 Å². The minimum Gasteiger partial charge on any atom is -0.490 e. The van der Waals surface area contributed by atoms with Gasteiger partial charge in [-0.25, -0.2) is 4.98 Å². The van der Waals surface area contributed by atoms with Crippen molar-refractivity contribution in [2.75, 3.05) is 12.4 Å². The van der Waals surface area contributed by atoms with E-state index >= 15 is 0 Å². The molecule has 0 amide bonds. The van der Waals surface area contributed by atoms with Gasteiger partial charge in [0.05, 0.1) is 6.10 Å². The van der Waals surface area contributed by atoms with E-state index in [-0.39, 0.29) is 17.7 Å². The zero-order chi connectivity index (χ0) is 11.8. The number of alkyl halides is 3. The molecular formula is C10H11F3N2O. The van der Waals surface area contributed by atoms with Gasteiger partial charge in [0.2, 0.25) is 0 Å². The average Bonchev–Trinajstić information content (AvgIpc) is 2.99. The molecule has 1 saturated carbocycles. The molecule has 1 aliphatic rings. The van der Waals surface area contributed by atoms with E-state index in [1.54, 1.807) is 0 Å². The lowest BCUT2D eigenvalue weighted by Gasteiger charge is -2.16. The molecule has 6 heteroatoms. The second-order valence-corrected chi connectivity index (χ2v) is 3.60. The fourth-order valence-corrected chi connectivity index (χ4v) is 1.37. The lowest BCUT2D eigenvalue weighted by molar-refractivity contribution is -0.138. The number of anilines is 1. The van der Waals surface area contributed by atoms with Crippen molar-refractivity contribution in [3.05, 3.63) is 17.8 Å². The Kier molecular flexibility index (Phi) is 2.65. The van der Waals surface area contributed by atoms with Crippen LogP contribution in [-0.4, -0.2) is 18.1 Å². The van der Waals surface area contributed by atoms with Crippen LogP contribution < -0.4 is 10.1 Å². The minimum atomic E-state index is -4.46. The van der Waals surface area contributed by atoms with E-state index in [0.717, 1.165) is 12.8 Å². The van der Waals surface area contributed by atoms with Gasteiger partial charge in [-0.1, -0.05) is 0 Å². The predicted molar refractivity (Wildman–Crippen MR) is 52.4 cm³/mol. The Morgan fingerprint density at radius 1 is 1.44 bits per heavy atom. The van der Waals surface area contributed by atoms with Crippen molar-refractivity contribution < 1.29 is 17.9 Å². The largest absolute Gasteiger partial charge is 0.490 e. The van der Waals surface area contributed by atoms with Crippen LogP contribution in [-0.2, 0) is 6.18 Å². The molecule has 16 heavy (non-hydrogen) atoms. The molecule has 0 spiro atoms. The summed E-state index contributed by atoms with van der Waals surface area (Å²) in [7, 11) is 1.40. The zero-order valence-corrected chi connectivity index (χ0v) is 8.64. The van der Waals surface area contributed by atoms with E-state index < -0.39 is 11.7 Å². The lowest BCUT2D eigenvalue weighted by atomic mass is 10.2. The van der Waals surface area contributed by atoms with Crippen LogP contribution in [0.5, 0.6) is 5.75 Å². The van der Waals surface area contributed by atoms with Crippen molar-refractivity contribution >= 4 is 5.82 Å². The molecule has 1 aromatic heterocycles. The summed E-state index contributed by atoms with van der Waals surface area (Å²) in [6.45, 7) is 0. The minimum absolute atomic E-state index is 0.0757. The van der Waals surface area contributed by atoms with E-state index in [1.165, 1.54) is 19.3 Å². The molecule has 1 fully saturated rings. The summed E-state index contributed by atoms with van der Waals surface area (Å²) in [5.74, 6) is -0.347. The van der Waals surface area contributed by atoms with Crippen LogP contribution in [0, 0.1) is 0 Å². The van der Waals surface area contributed by atoms with Crippen LogP contribution in [0.4, 0.5) is 19.0 Å². The maximum atomic E-state index is 12.8. The van der Waals surface area contributed by atoms with Gasteiger partial charge < -0.3 is 10.1 Å². The molecule has 1 aromatic rings. The Hall–Kier alpha value is -1.46. The monoisotopic (exact) mass is 232 g/mol. The normalized spacial score (nSPS) is 16.0. The second kappa shape index (κ2) is 3.84. The number of rotatable bonds is 3. The first-order chi connectivity index (χ1) is 7.52. The fraction of sp³-hybridized carbons (Fsp3) is 0.500. The van der Waals surface area contributed by atoms with Crippen LogP contribution in [0.25, 0.3) is 0 Å². The van der Waals surface area contributed by atoms with Gasteiger partial charge in [-0.3, -0.25) is 0 Å². The third kappa shape index (κ3) is 2.20. The number of pyridine rings is 1. The van der Waals surface area contributed by atoms with E-state index in [4.69, 9.17) is 4.74 Å². The number of hydrogen-bond acceptors (Lipinski definition) is 3. The van der Waals surface area contributed by atoms with E-state index in [9.17, 15) is 13.2 Å². The zero-order valence-electron chi connectivity index (χ0n) is 8.64. The Bertz CT molecular complexity index is 388. The summed E-state index contributed by atoms with van der Waals surface area (Å²) in [6.07, 6.45) is -1.60. The highest BCUT2D eigenvalue weighted by Gasteiger charge is 2.39. The highest BCUT2D eigenvalue weighted by molar-refractivity contribution is 5.53. The number of hydrogen-bond donors (Lipinski definition) is 1. The Morgan fingerprint density at radius 2 is 2.12 bits per heavy atom. The maximum Gasteiger partial charge on any atom is 0.423 e. The highest BCUT2D eigenvalue weighted by Crippen LogP contribution is 2.41. The summed E-state index contributed by atoms with van der Waals surface area (Å²) in [5, 5.41) is 2.43. The van der Waals surface area contributed by atoms with Gasteiger partial charge in [-0.05, 0) is 18.9 Å². The third-order valence-corrected chi connectivity index (χ3v) is 2.25. The molecule has 0 aromatic carbocycles. The molecule has 3 nitrogen and oxygen atoms in total. The van der Waals surface area contributed by atoms with Crippen LogP contribution in [0.2, 0.25) is 0 Å². The molecule has 1 N–H and O–H groups in total. The van der Waals surface area contributed by atoms with Crippen LogP contribution in [0.3, 0.4) is 0 Å². The van der Waals surface area contributed by atoms with Crippen molar-refractivity contribution in [3.8, 4) is 5.75 Å². The summed E-state index contributed by atoms with van der Waals surface area (Å²) >= 11 is 0. The number of halogens is 3. The van der Waals surface area contributed by atoms with Crippen LogP contribution in [0.15, 0.2) is 12.3 Å². The maximum absolute atomic E-state index is 12.8. The van der Waals surface area contributed by atoms with Gasteiger partial charge in [0.25, 0.3) is 0 Å². The quantitative estimate of drug-likeness (QED) is 0.869. The van der Waals surface area contributed by atoms with Gasteiger partial charge in [0, 0.05) is 13.2 Å². The Balaban J connectivity index is 2.41. The van der Waals surface area contributed by atoms with Crippen LogP contribution in [0.1, 0.15) is 18.4 Å². The van der Waals surface area contributed by atoms with Crippen LogP contribution >= 0.6 is 0 Å². The van der Waals surface area contributed by atoms with Gasteiger partial charge in [-0.15, -0.1) is 0 Å². The first kappa shape index (κ1) is 11.0. The summed E-state index contributed by atoms with van der Waals surface area (Å²) in [4.78, 5) is 3.64. The fourth-order valence-electron chi connectivity index (χ4n) is 1.37. The number of nitrogens with zero attached hydrogens (tertiary/aromatic N) is 1. The molecule has 0 aliphatic heterocycles. The van der Waals surface area contributed by atoms with E-state index in [1.807, 2.05) is 0 Å². The summed E-state index contributed by atoms with van der Waals surface area (Å²) in [6, 6.07) is 1.25. The number of ether oxygens (including phenoxy) is 1. The highest BCUT2D eigenvalue weighted by atomic mass is 19.4. The topological polar surface area (TPSA) is 34.2 Å². The number of aromatic nitrogens is 1. The predicted octanol–water partition coefficient (Wildman–Crippen LogP) is 2.68. The van der Waals surface area contributed by atoms with Gasteiger partial charge in [0.15, 0.2) is 0 Å². The summed E-state index contributed by atoms with van der Waals surface area (Å²) < 4.78 is 43.6. The molecule has 1 aliphatic carbocycles. The van der Waals surface area contributed by atoms with Crippen molar-refractivity contribution in [1.29, 1.82) is 0 Å². The molecule has 0 atom stereocenters. The molecule has 0 radical (unpaired) electrons. The molecule has 1 heterocycles. The Morgan fingerprint density at radius 3 is 2.62 bits per heavy atom. The molecular weight excluding hydrogens is 221 g/mol. The molecule has 88 valence electrons. The molecule has 0 bridgehead atoms. The lowest BCUT2D eigenvalue weighted by Crippen LogP contribution is -2.13. The SMILES string of the molecule is CNc1nccc(OC2CC2)c1C(F)(F)F. The summed E-state index contributed by atoms with van der Waals surface area (Å²) in [5.41, 5.74) is -0.829. The van der Waals surface area contributed by atoms with E-state index in [0.29, 0.717) is 0 Å². The van der Waals surface area contributed by atoms with E-state index in [2.05, 4.69) is 10.3 Å². The first-order valence-electron chi connectivity index (χ1n) is 4.93. The molecule has 0 saturated heterocycles. The van der Waals surface area contributed by atoms with Crippen molar-refractivity contribution in [2.45, 2.75) is 25.1 Å². The standard InChI is InChI=1S/C10H11F3N2O/c1-14-9-8(10(11,12)13)7(4-5-15-9)16-6-2-3-6/h4-6H,2-3H2,1H3,(H,14,15).